The molecule has 0 aromatic heterocycles. The van der Waals surface area contributed by atoms with E-state index in [4.69, 9.17) is 14.2 Å². The molecule has 16 rings (SSSR count). The minimum Gasteiger partial charge on any atom is -0.458 e. The second kappa shape index (κ2) is 13.9. The molecule has 0 saturated heterocycles. The molecular formula is C60H36B3N3O3. The lowest BCUT2D eigenvalue weighted by atomic mass is 9.28. The first-order valence-electron chi connectivity index (χ1n) is 23.8. The van der Waals surface area contributed by atoms with Crippen molar-refractivity contribution in [2.45, 2.75) is 0 Å². The Bertz CT molecular complexity index is 3790. The molecule has 6 aliphatic rings. The fraction of sp³-hybridized carbons (Fsp3) is 0. The monoisotopic (exact) mass is 879 g/mol. The molecule has 0 unspecified atom stereocenters. The largest absolute Gasteiger partial charge is 0.458 e. The van der Waals surface area contributed by atoms with Gasteiger partial charge in [0.15, 0.2) is 0 Å². The van der Waals surface area contributed by atoms with Gasteiger partial charge in [0.1, 0.15) is 34.5 Å². The van der Waals surface area contributed by atoms with Crippen molar-refractivity contribution in [1.29, 1.82) is 0 Å². The summed E-state index contributed by atoms with van der Waals surface area (Å²) in [5.74, 6) is 5.04. The summed E-state index contributed by atoms with van der Waals surface area (Å²) < 4.78 is 21.4. The number of para-hydroxylation sites is 7. The minimum atomic E-state index is -0.144. The summed E-state index contributed by atoms with van der Waals surface area (Å²) in [5.41, 5.74) is 20.6. The molecule has 69 heavy (non-hydrogen) atoms. The van der Waals surface area contributed by atoms with Gasteiger partial charge in [-0.2, -0.15) is 0 Å². The molecule has 0 atom stereocenters. The lowest BCUT2D eigenvalue weighted by molar-refractivity contribution is 0.465. The molecule has 6 aliphatic heterocycles. The first-order chi connectivity index (χ1) is 34.2. The van der Waals surface area contributed by atoms with Crippen molar-refractivity contribution in [3.05, 3.63) is 218 Å². The van der Waals surface area contributed by atoms with E-state index < -0.39 is 0 Å². The Kier molecular flexibility index (Phi) is 7.50. The van der Waals surface area contributed by atoms with Crippen molar-refractivity contribution in [2.24, 2.45) is 0 Å². The molecule has 0 fully saturated rings. The third kappa shape index (κ3) is 5.08. The van der Waals surface area contributed by atoms with Gasteiger partial charge in [-0.25, -0.2) is 0 Å². The maximum atomic E-state index is 7.36. The van der Waals surface area contributed by atoms with Crippen LogP contribution >= 0.6 is 0 Å². The smallest absolute Gasteiger partial charge is 0.260 e. The first kappa shape index (κ1) is 37.3. The highest BCUT2D eigenvalue weighted by atomic mass is 16.5. The van der Waals surface area contributed by atoms with Crippen LogP contribution < -0.4 is 78.1 Å². The molecule has 0 radical (unpaired) electrons. The molecule has 6 heterocycles. The van der Waals surface area contributed by atoms with E-state index in [0.717, 1.165) is 85.0 Å². The number of ether oxygens (including phenoxy) is 3. The molecule has 0 N–H and O–H groups in total. The van der Waals surface area contributed by atoms with E-state index in [-0.39, 0.29) is 20.1 Å². The molecule has 10 aromatic rings. The Balaban J connectivity index is 0.970. The molecule has 0 saturated carbocycles. The van der Waals surface area contributed by atoms with Crippen LogP contribution in [-0.4, -0.2) is 20.1 Å². The molecule has 0 amide bonds. The summed E-state index contributed by atoms with van der Waals surface area (Å²) >= 11 is 0. The van der Waals surface area contributed by atoms with E-state index in [2.05, 4.69) is 233 Å². The zero-order valence-corrected chi connectivity index (χ0v) is 37.1. The second-order valence-corrected chi connectivity index (χ2v) is 18.7. The average molecular weight is 879 g/mol. The van der Waals surface area contributed by atoms with Crippen LogP contribution in [0.25, 0.3) is 0 Å². The van der Waals surface area contributed by atoms with Gasteiger partial charge in [0.2, 0.25) is 0 Å². The number of rotatable bonds is 4. The third-order valence-corrected chi connectivity index (χ3v) is 15.2. The van der Waals surface area contributed by atoms with Crippen molar-refractivity contribution in [3.63, 3.8) is 0 Å². The summed E-state index contributed by atoms with van der Waals surface area (Å²) in [7, 11) is 0. The van der Waals surface area contributed by atoms with E-state index in [1.54, 1.807) is 0 Å². The molecule has 0 bridgehead atoms. The zero-order valence-electron chi connectivity index (χ0n) is 37.1. The molecule has 6 nitrogen and oxygen atoms in total. The zero-order chi connectivity index (χ0) is 44.9. The van der Waals surface area contributed by atoms with Crippen LogP contribution in [0.3, 0.4) is 0 Å². The van der Waals surface area contributed by atoms with E-state index >= 15 is 0 Å². The summed E-state index contributed by atoms with van der Waals surface area (Å²) in [6.45, 7) is -0.236. The topological polar surface area (TPSA) is 37.4 Å². The number of hydrogen-bond acceptors (Lipinski definition) is 6. The quantitative estimate of drug-likeness (QED) is 0.165. The van der Waals surface area contributed by atoms with Crippen molar-refractivity contribution >= 4 is 120 Å². The maximum Gasteiger partial charge on any atom is 0.260 e. The van der Waals surface area contributed by atoms with E-state index in [0.29, 0.717) is 0 Å². The molecule has 0 spiro atoms. The van der Waals surface area contributed by atoms with Crippen LogP contribution in [-0.2, 0) is 0 Å². The molecule has 9 heteroatoms. The standard InChI is InChI=1S/C60H36B3N3O3/c1-4-18-37(19-5-1)64(38-20-6-2-7-21-38)40-32-54-58-55(33-40)69-53-35-49-45(34-46(53)63(58)44-27-13-17-31-52(44)67-54)62-42-25-11-15-29-48(42)66-47-28-14-10-24-41(47)61-43-26-12-16-30-51(43)68-56-36-50(57(62)60(66)59(56)61)65(49)39-22-8-3-9-23-39/h1-36H. The summed E-state index contributed by atoms with van der Waals surface area (Å²) in [6.07, 6.45) is 0. The van der Waals surface area contributed by atoms with Gasteiger partial charge < -0.3 is 28.9 Å². The fourth-order valence-corrected chi connectivity index (χ4v) is 12.5. The lowest BCUT2D eigenvalue weighted by Crippen LogP contribution is -2.68. The Morgan fingerprint density at radius 2 is 0.754 bits per heavy atom. The first-order valence-corrected chi connectivity index (χ1v) is 23.8. The lowest BCUT2D eigenvalue weighted by Gasteiger charge is -2.49. The Hall–Kier alpha value is -8.81. The predicted molar refractivity (Wildman–Crippen MR) is 284 cm³/mol. The van der Waals surface area contributed by atoms with Crippen LogP contribution in [0.1, 0.15) is 0 Å². The number of hydrogen-bond donors (Lipinski definition) is 0. The van der Waals surface area contributed by atoms with E-state index in [1.165, 1.54) is 49.8 Å². The van der Waals surface area contributed by atoms with Gasteiger partial charge in [-0.05, 0) is 104 Å². The van der Waals surface area contributed by atoms with E-state index in [1.807, 2.05) is 0 Å². The van der Waals surface area contributed by atoms with Gasteiger partial charge >= 0.3 is 0 Å². The van der Waals surface area contributed by atoms with Gasteiger partial charge in [-0.1, -0.05) is 133 Å². The van der Waals surface area contributed by atoms with Crippen LogP contribution in [0, 0.1) is 0 Å². The van der Waals surface area contributed by atoms with Crippen molar-refractivity contribution in [3.8, 4) is 34.5 Å². The Morgan fingerprint density at radius 3 is 1.36 bits per heavy atom. The number of benzene rings is 10. The van der Waals surface area contributed by atoms with Crippen molar-refractivity contribution < 1.29 is 14.2 Å². The van der Waals surface area contributed by atoms with Crippen LogP contribution in [0.5, 0.6) is 34.5 Å². The predicted octanol–water partition coefficient (Wildman–Crippen LogP) is 8.90. The summed E-state index contributed by atoms with van der Waals surface area (Å²) in [6, 6.07) is 78.4. The number of anilines is 9. The van der Waals surface area contributed by atoms with Gasteiger partial charge in [-0.15, -0.1) is 0 Å². The normalized spacial score (nSPS) is 14.0. The molecule has 318 valence electrons. The molecule has 0 aliphatic carbocycles. The highest BCUT2D eigenvalue weighted by molar-refractivity contribution is 7.05. The van der Waals surface area contributed by atoms with Gasteiger partial charge in [0.05, 0.1) is 5.69 Å². The Labute approximate surface area is 400 Å². The molecular weight excluding hydrogens is 843 g/mol. The van der Waals surface area contributed by atoms with Crippen LogP contribution in [0.15, 0.2) is 218 Å². The highest BCUT2D eigenvalue weighted by Gasteiger charge is 2.52. The minimum absolute atomic E-state index is 0.00498. The maximum absolute atomic E-state index is 7.36. The number of fused-ring (bicyclic) bond motifs is 14. The fourth-order valence-electron chi connectivity index (χ4n) is 12.5. The molecule has 10 aromatic carbocycles. The van der Waals surface area contributed by atoms with Crippen LogP contribution in [0.4, 0.5) is 51.2 Å². The third-order valence-electron chi connectivity index (χ3n) is 15.2. The van der Waals surface area contributed by atoms with Gasteiger partial charge in [-0.3, -0.25) is 0 Å². The average Bonchev–Trinajstić information content (AvgIpc) is 3.40. The second-order valence-electron chi connectivity index (χ2n) is 18.7. The van der Waals surface area contributed by atoms with E-state index in [9.17, 15) is 0 Å². The summed E-state index contributed by atoms with van der Waals surface area (Å²) in [4.78, 5) is 7.26. The summed E-state index contributed by atoms with van der Waals surface area (Å²) in [5, 5.41) is 0. The number of nitrogens with zero attached hydrogens (tertiary/aromatic N) is 3. The van der Waals surface area contributed by atoms with Gasteiger partial charge in [0.25, 0.3) is 20.1 Å². The SMILES string of the molecule is c1ccc(N(c2ccccc2)c2cc3c4c(c2)Oc2cc5c(cc2B4c2ccccc2O3)B2c3ccccc3N3c4ccccc4B4c6ccccc6Oc6cc(c2c3c64)N5c2ccccc2)cc1. The Morgan fingerprint density at radius 1 is 0.290 bits per heavy atom. The highest BCUT2D eigenvalue weighted by Crippen LogP contribution is 2.49. The van der Waals surface area contributed by atoms with Crippen molar-refractivity contribution in [1.82, 2.24) is 0 Å². The van der Waals surface area contributed by atoms with Crippen molar-refractivity contribution in [2.75, 3.05) is 14.7 Å². The van der Waals surface area contributed by atoms with Crippen LogP contribution in [0.2, 0.25) is 0 Å². The van der Waals surface area contributed by atoms with Gasteiger partial charge in [0, 0.05) is 75.2 Å².